The lowest BCUT2D eigenvalue weighted by atomic mass is 9.85. The maximum absolute atomic E-state index is 12.5. The van der Waals surface area contributed by atoms with Gasteiger partial charge in [-0.05, 0) is 36.0 Å². The summed E-state index contributed by atoms with van der Waals surface area (Å²) in [6, 6.07) is 5.78. The molecule has 0 aromatic heterocycles. The van der Waals surface area contributed by atoms with E-state index in [-0.39, 0.29) is 11.8 Å². The summed E-state index contributed by atoms with van der Waals surface area (Å²) in [5.74, 6) is 0.605. The summed E-state index contributed by atoms with van der Waals surface area (Å²) in [6.07, 6.45) is 7.17. The molecule has 5 nitrogen and oxygen atoms in total. The van der Waals surface area contributed by atoms with Crippen molar-refractivity contribution in [1.29, 1.82) is 0 Å². The maximum Gasteiger partial charge on any atom is 0.330 e. The SMILES string of the molecule is COc1ccc(C(NC(=O)C2CC2C2CCCCC2)C(=O)O)cc1. The number of carboxylic acid groups (broad SMARTS) is 1. The van der Waals surface area contributed by atoms with Gasteiger partial charge in [-0.25, -0.2) is 4.79 Å². The highest BCUT2D eigenvalue weighted by Crippen LogP contribution is 2.49. The highest BCUT2D eigenvalue weighted by Gasteiger charge is 2.48. The Morgan fingerprint density at radius 1 is 1.17 bits per heavy atom. The second-order valence-electron chi connectivity index (χ2n) is 6.96. The first-order valence-electron chi connectivity index (χ1n) is 8.77. The first kappa shape index (κ1) is 16.8. The molecule has 0 spiro atoms. The first-order valence-corrected chi connectivity index (χ1v) is 8.77. The number of hydrogen-bond acceptors (Lipinski definition) is 3. The lowest BCUT2D eigenvalue weighted by molar-refractivity contribution is -0.142. The van der Waals surface area contributed by atoms with Crippen LogP contribution < -0.4 is 10.1 Å². The van der Waals surface area contributed by atoms with E-state index >= 15 is 0 Å². The van der Waals surface area contributed by atoms with Crippen LogP contribution in [0.3, 0.4) is 0 Å². The molecule has 3 rings (SSSR count). The molecule has 0 saturated heterocycles. The molecule has 1 aromatic carbocycles. The van der Waals surface area contributed by atoms with Gasteiger partial charge in [0, 0.05) is 5.92 Å². The highest BCUT2D eigenvalue weighted by molar-refractivity contribution is 5.87. The Morgan fingerprint density at radius 3 is 2.42 bits per heavy atom. The molecule has 1 aromatic rings. The van der Waals surface area contributed by atoms with E-state index < -0.39 is 12.0 Å². The van der Waals surface area contributed by atoms with Crippen LogP contribution in [0.5, 0.6) is 5.75 Å². The van der Waals surface area contributed by atoms with E-state index in [1.54, 1.807) is 31.4 Å². The van der Waals surface area contributed by atoms with Crippen LogP contribution in [0.25, 0.3) is 0 Å². The van der Waals surface area contributed by atoms with Crippen LogP contribution in [0.15, 0.2) is 24.3 Å². The summed E-state index contributed by atoms with van der Waals surface area (Å²) in [7, 11) is 1.56. The molecule has 3 atom stereocenters. The van der Waals surface area contributed by atoms with Crippen LogP contribution in [-0.4, -0.2) is 24.1 Å². The van der Waals surface area contributed by atoms with Gasteiger partial charge in [-0.2, -0.15) is 0 Å². The van der Waals surface area contributed by atoms with Crippen molar-refractivity contribution >= 4 is 11.9 Å². The van der Waals surface area contributed by atoms with Crippen molar-refractivity contribution in [1.82, 2.24) is 5.32 Å². The minimum atomic E-state index is -1.04. The van der Waals surface area contributed by atoms with Crippen LogP contribution in [0.4, 0.5) is 0 Å². The monoisotopic (exact) mass is 331 g/mol. The summed E-state index contributed by atoms with van der Waals surface area (Å²) in [4.78, 5) is 24.0. The molecule has 0 bridgehead atoms. The van der Waals surface area contributed by atoms with E-state index in [4.69, 9.17) is 4.74 Å². The predicted octanol–water partition coefficient (Wildman–Crippen LogP) is 3.15. The second kappa shape index (κ2) is 7.24. The fourth-order valence-corrected chi connectivity index (χ4v) is 3.93. The van der Waals surface area contributed by atoms with Gasteiger partial charge in [0.25, 0.3) is 0 Å². The van der Waals surface area contributed by atoms with E-state index in [9.17, 15) is 14.7 Å². The zero-order chi connectivity index (χ0) is 17.1. The molecule has 1 amide bonds. The maximum atomic E-state index is 12.5. The van der Waals surface area contributed by atoms with Crippen LogP contribution in [0.2, 0.25) is 0 Å². The third-order valence-corrected chi connectivity index (χ3v) is 5.41. The largest absolute Gasteiger partial charge is 0.497 e. The van der Waals surface area contributed by atoms with Gasteiger partial charge in [-0.15, -0.1) is 0 Å². The number of hydrogen-bond donors (Lipinski definition) is 2. The molecule has 2 fully saturated rings. The van der Waals surface area contributed by atoms with Gasteiger partial charge in [-0.1, -0.05) is 44.2 Å². The van der Waals surface area contributed by atoms with Crippen LogP contribution in [-0.2, 0) is 9.59 Å². The Hall–Kier alpha value is -2.04. The molecular formula is C19H25NO4. The predicted molar refractivity (Wildman–Crippen MR) is 89.7 cm³/mol. The van der Waals surface area contributed by atoms with E-state index in [1.165, 1.54) is 32.1 Å². The second-order valence-corrected chi connectivity index (χ2v) is 6.96. The molecule has 0 heterocycles. The molecule has 0 radical (unpaired) electrons. The molecule has 2 aliphatic carbocycles. The summed E-state index contributed by atoms with van der Waals surface area (Å²) in [5.41, 5.74) is 0.562. The van der Waals surface area contributed by atoms with Crippen LogP contribution in [0.1, 0.15) is 50.1 Å². The fraction of sp³-hybridized carbons (Fsp3) is 0.579. The molecule has 24 heavy (non-hydrogen) atoms. The minimum absolute atomic E-state index is 0.00630. The molecule has 2 aliphatic rings. The van der Waals surface area contributed by atoms with Crippen molar-refractivity contribution in [3.63, 3.8) is 0 Å². The van der Waals surface area contributed by atoms with Crippen molar-refractivity contribution < 1.29 is 19.4 Å². The third kappa shape index (κ3) is 3.71. The number of benzene rings is 1. The molecule has 3 unspecified atom stereocenters. The van der Waals surface area contributed by atoms with Gasteiger partial charge >= 0.3 is 5.97 Å². The number of rotatable bonds is 6. The number of carbonyl (C=O) groups is 2. The number of methoxy groups -OCH3 is 1. The molecule has 130 valence electrons. The van der Waals surface area contributed by atoms with E-state index in [0.29, 0.717) is 23.1 Å². The number of nitrogens with one attached hydrogen (secondary N) is 1. The number of ether oxygens (including phenoxy) is 1. The fourth-order valence-electron chi connectivity index (χ4n) is 3.93. The van der Waals surface area contributed by atoms with Gasteiger partial charge in [0.15, 0.2) is 6.04 Å². The standard InChI is InChI=1S/C19H25NO4/c1-24-14-9-7-13(8-10-14)17(19(22)23)20-18(21)16-11-15(16)12-5-3-2-4-6-12/h7-10,12,15-17H,2-6,11H2,1H3,(H,20,21)(H,22,23). The van der Waals surface area contributed by atoms with Crippen molar-refractivity contribution in [2.75, 3.05) is 7.11 Å². The molecular weight excluding hydrogens is 306 g/mol. The van der Waals surface area contributed by atoms with Gasteiger partial charge in [0.1, 0.15) is 5.75 Å². The Bertz CT molecular complexity index is 592. The lowest BCUT2D eigenvalue weighted by Gasteiger charge is -2.22. The van der Waals surface area contributed by atoms with Crippen molar-refractivity contribution in [3.8, 4) is 5.75 Å². The van der Waals surface area contributed by atoms with Gasteiger partial charge in [0.05, 0.1) is 7.11 Å². The summed E-state index contributed by atoms with van der Waals surface area (Å²) in [5, 5.41) is 12.2. The van der Waals surface area contributed by atoms with Crippen LogP contribution in [0, 0.1) is 17.8 Å². The van der Waals surface area contributed by atoms with Crippen molar-refractivity contribution in [2.45, 2.75) is 44.6 Å². The summed E-state index contributed by atoms with van der Waals surface area (Å²) < 4.78 is 5.09. The minimum Gasteiger partial charge on any atom is -0.497 e. The van der Waals surface area contributed by atoms with Crippen molar-refractivity contribution in [2.24, 2.45) is 17.8 Å². The average molecular weight is 331 g/mol. The van der Waals surface area contributed by atoms with Crippen LogP contribution >= 0.6 is 0 Å². The first-order chi connectivity index (χ1) is 11.6. The molecule has 0 aliphatic heterocycles. The molecule has 2 N–H and O–H groups in total. The third-order valence-electron chi connectivity index (χ3n) is 5.41. The number of carbonyl (C=O) groups excluding carboxylic acids is 1. The van der Waals surface area contributed by atoms with Crippen molar-refractivity contribution in [3.05, 3.63) is 29.8 Å². The Kier molecular flexibility index (Phi) is 5.07. The Labute approximate surface area is 142 Å². The zero-order valence-electron chi connectivity index (χ0n) is 14.0. The average Bonchev–Trinajstić information content (AvgIpc) is 3.41. The smallest absolute Gasteiger partial charge is 0.330 e. The number of carboxylic acids is 1. The lowest BCUT2D eigenvalue weighted by Crippen LogP contribution is -2.35. The van der Waals surface area contributed by atoms with E-state index in [1.807, 2.05) is 0 Å². The molecule has 5 heteroatoms. The van der Waals surface area contributed by atoms with Gasteiger partial charge in [-0.3, -0.25) is 4.79 Å². The topological polar surface area (TPSA) is 75.6 Å². The van der Waals surface area contributed by atoms with Gasteiger partial charge < -0.3 is 15.2 Å². The Balaban J connectivity index is 1.61. The van der Waals surface area contributed by atoms with Gasteiger partial charge in [0.2, 0.25) is 5.91 Å². The zero-order valence-corrected chi connectivity index (χ0v) is 14.0. The van der Waals surface area contributed by atoms with E-state index in [2.05, 4.69) is 5.32 Å². The quantitative estimate of drug-likeness (QED) is 0.839. The normalized spacial score (nSPS) is 24.9. The number of aliphatic carboxylic acids is 1. The summed E-state index contributed by atoms with van der Waals surface area (Å²) in [6.45, 7) is 0. The Morgan fingerprint density at radius 2 is 1.83 bits per heavy atom. The highest BCUT2D eigenvalue weighted by atomic mass is 16.5. The number of amides is 1. The van der Waals surface area contributed by atoms with E-state index in [0.717, 1.165) is 6.42 Å². The summed E-state index contributed by atoms with van der Waals surface area (Å²) >= 11 is 0. The molecule has 2 saturated carbocycles.